The van der Waals surface area contributed by atoms with Gasteiger partial charge < -0.3 is 19.5 Å². The molecule has 0 aliphatic carbocycles. The Balaban J connectivity index is 2.12. The average Bonchev–Trinajstić information content (AvgIpc) is 3.04. The molecule has 0 spiro atoms. The zero-order valence-electron chi connectivity index (χ0n) is 11.9. The topological polar surface area (TPSA) is 41.9 Å². The second-order valence-electron chi connectivity index (χ2n) is 5.71. The van der Waals surface area contributed by atoms with Crippen LogP contribution in [0, 0.1) is 0 Å². The highest BCUT2D eigenvalue weighted by Gasteiger charge is 2.35. The lowest BCUT2D eigenvalue weighted by atomic mass is 9.91. The molecule has 0 amide bonds. The Kier molecular flexibility index (Phi) is 2.67. The number of fused-ring (bicyclic) bond motifs is 5. The van der Waals surface area contributed by atoms with Gasteiger partial charge in [-0.15, -0.1) is 11.6 Å². The van der Waals surface area contributed by atoms with Crippen molar-refractivity contribution < 1.29 is 14.6 Å². The zero-order chi connectivity index (χ0) is 14.7. The first-order valence-corrected chi connectivity index (χ1v) is 7.45. The summed E-state index contributed by atoms with van der Waals surface area (Å²) < 4.78 is 11.1. The Morgan fingerprint density at radius 1 is 1.38 bits per heavy atom. The molecule has 21 heavy (non-hydrogen) atoms. The van der Waals surface area contributed by atoms with Crippen LogP contribution in [0.5, 0.6) is 17.2 Å². The standard InChI is InChI=1S/C16H16ClNO3/c1-8(17)10-6-18(2)11-5-12(19)9-3-4-13-16(21-7-20-13)15(9)14(10)11/h3-5,8,10,19H,6-7H2,1-2H3/t8-,10+/m1/s1. The minimum Gasteiger partial charge on any atom is -0.507 e. The molecule has 4 rings (SSSR count). The SMILES string of the molecule is C[C@@H](Cl)[C@@H]1CN(C)c2cc(O)c3ccc4c(c3c21)OCO4. The quantitative estimate of drug-likeness (QED) is 0.820. The van der Waals surface area contributed by atoms with Crippen molar-refractivity contribution in [1.29, 1.82) is 0 Å². The van der Waals surface area contributed by atoms with Crippen LogP contribution in [0.4, 0.5) is 5.69 Å². The van der Waals surface area contributed by atoms with Crippen molar-refractivity contribution in [3.63, 3.8) is 0 Å². The van der Waals surface area contributed by atoms with Crippen molar-refractivity contribution in [3.8, 4) is 17.2 Å². The highest BCUT2D eigenvalue weighted by molar-refractivity contribution is 6.21. The second kappa shape index (κ2) is 4.34. The minimum absolute atomic E-state index is 0.000351. The molecule has 0 unspecified atom stereocenters. The van der Waals surface area contributed by atoms with Crippen LogP contribution in [-0.4, -0.2) is 30.9 Å². The fourth-order valence-corrected chi connectivity index (χ4v) is 3.62. The van der Waals surface area contributed by atoms with Gasteiger partial charge in [0.05, 0.1) is 0 Å². The first-order valence-electron chi connectivity index (χ1n) is 7.01. The van der Waals surface area contributed by atoms with Gasteiger partial charge in [-0.1, -0.05) is 0 Å². The molecule has 2 aromatic rings. The predicted octanol–water partition coefficient (Wildman–Crippen LogP) is 3.43. The van der Waals surface area contributed by atoms with E-state index < -0.39 is 0 Å². The Hall–Kier alpha value is -1.81. The minimum atomic E-state index is -0.000351. The van der Waals surface area contributed by atoms with E-state index in [1.807, 2.05) is 32.2 Å². The molecule has 0 fully saturated rings. The smallest absolute Gasteiger partial charge is 0.231 e. The Bertz CT molecular complexity index is 744. The molecule has 0 aromatic heterocycles. The van der Waals surface area contributed by atoms with Crippen molar-refractivity contribution in [1.82, 2.24) is 0 Å². The van der Waals surface area contributed by atoms with Crippen LogP contribution in [0.1, 0.15) is 18.4 Å². The predicted molar refractivity (Wildman–Crippen MR) is 83.1 cm³/mol. The lowest BCUT2D eigenvalue weighted by molar-refractivity contribution is 0.175. The third-order valence-electron chi connectivity index (χ3n) is 4.44. The van der Waals surface area contributed by atoms with E-state index in [1.165, 1.54) is 0 Å². The third kappa shape index (κ3) is 1.69. The molecular weight excluding hydrogens is 290 g/mol. The molecule has 2 aliphatic heterocycles. The van der Waals surface area contributed by atoms with Gasteiger partial charge in [-0.25, -0.2) is 0 Å². The summed E-state index contributed by atoms with van der Waals surface area (Å²) in [6.07, 6.45) is 0. The van der Waals surface area contributed by atoms with Gasteiger partial charge in [-0.05, 0) is 24.6 Å². The summed E-state index contributed by atoms with van der Waals surface area (Å²) >= 11 is 6.41. The van der Waals surface area contributed by atoms with Crippen LogP contribution >= 0.6 is 11.6 Å². The van der Waals surface area contributed by atoms with Gasteiger partial charge in [0.25, 0.3) is 0 Å². The van der Waals surface area contributed by atoms with Crippen LogP contribution in [0.15, 0.2) is 18.2 Å². The number of rotatable bonds is 1. The summed E-state index contributed by atoms with van der Waals surface area (Å²) in [5, 5.41) is 12.1. The molecule has 0 radical (unpaired) electrons. The van der Waals surface area contributed by atoms with Crippen LogP contribution in [0.25, 0.3) is 10.8 Å². The number of anilines is 1. The third-order valence-corrected chi connectivity index (χ3v) is 4.75. The number of likely N-dealkylation sites (N-methyl/N-ethyl adjacent to an activating group) is 1. The van der Waals surface area contributed by atoms with Crippen LogP contribution in [0.3, 0.4) is 0 Å². The molecule has 0 saturated carbocycles. The normalized spacial score (nSPS) is 20.9. The van der Waals surface area contributed by atoms with E-state index in [0.29, 0.717) is 0 Å². The highest BCUT2D eigenvalue weighted by Crippen LogP contribution is 2.52. The van der Waals surface area contributed by atoms with Crippen LogP contribution in [-0.2, 0) is 0 Å². The summed E-state index contributed by atoms with van der Waals surface area (Å²) in [4.78, 5) is 2.13. The zero-order valence-corrected chi connectivity index (χ0v) is 12.6. The number of halogens is 1. The van der Waals surface area contributed by atoms with E-state index in [1.54, 1.807) is 0 Å². The van der Waals surface area contributed by atoms with E-state index in [-0.39, 0.29) is 23.8 Å². The van der Waals surface area contributed by atoms with Crippen LogP contribution in [0.2, 0.25) is 0 Å². The van der Waals surface area contributed by atoms with Crippen molar-refractivity contribution >= 4 is 28.1 Å². The Morgan fingerprint density at radius 2 is 2.19 bits per heavy atom. The number of aromatic hydroxyl groups is 1. The molecule has 2 aromatic carbocycles. The summed E-state index contributed by atoms with van der Waals surface area (Å²) in [5.41, 5.74) is 2.16. The molecule has 1 N–H and O–H groups in total. The number of ether oxygens (including phenoxy) is 2. The molecule has 110 valence electrons. The lowest BCUT2D eigenvalue weighted by Crippen LogP contribution is -2.19. The van der Waals surface area contributed by atoms with E-state index >= 15 is 0 Å². The van der Waals surface area contributed by atoms with Crippen molar-refractivity contribution in [3.05, 3.63) is 23.8 Å². The van der Waals surface area contributed by atoms with E-state index in [4.69, 9.17) is 21.1 Å². The molecule has 2 aliphatic rings. The maximum absolute atomic E-state index is 10.4. The summed E-state index contributed by atoms with van der Waals surface area (Å²) in [6.45, 7) is 3.06. The summed E-state index contributed by atoms with van der Waals surface area (Å²) in [5.74, 6) is 1.91. The lowest BCUT2D eigenvalue weighted by Gasteiger charge is -2.16. The largest absolute Gasteiger partial charge is 0.507 e. The second-order valence-corrected chi connectivity index (χ2v) is 6.40. The number of hydrogen-bond donors (Lipinski definition) is 1. The molecular formula is C16H16ClNO3. The first kappa shape index (κ1) is 12.9. The van der Waals surface area contributed by atoms with Crippen LogP contribution < -0.4 is 14.4 Å². The monoisotopic (exact) mass is 305 g/mol. The summed E-state index contributed by atoms with van der Waals surface area (Å²) in [7, 11) is 2.02. The number of nitrogens with zero attached hydrogens (tertiary/aromatic N) is 1. The first-order chi connectivity index (χ1) is 10.1. The van der Waals surface area contributed by atoms with Gasteiger partial charge in [0.1, 0.15) is 5.75 Å². The number of alkyl halides is 1. The van der Waals surface area contributed by atoms with E-state index in [2.05, 4.69) is 4.90 Å². The highest BCUT2D eigenvalue weighted by atomic mass is 35.5. The molecule has 5 heteroatoms. The van der Waals surface area contributed by atoms with Gasteiger partial charge in [-0.3, -0.25) is 0 Å². The Morgan fingerprint density at radius 3 is 2.95 bits per heavy atom. The molecule has 0 saturated heterocycles. The van der Waals surface area contributed by atoms with Gasteiger partial charge >= 0.3 is 0 Å². The number of phenolic OH excluding ortho intramolecular Hbond substituents is 1. The van der Waals surface area contributed by atoms with E-state index in [9.17, 15) is 5.11 Å². The molecule has 0 bridgehead atoms. The average molecular weight is 306 g/mol. The molecule has 2 heterocycles. The van der Waals surface area contributed by atoms with Gasteiger partial charge in [0.2, 0.25) is 6.79 Å². The van der Waals surface area contributed by atoms with Gasteiger partial charge in [0, 0.05) is 47.4 Å². The van der Waals surface area contributed by atoms with Crippen molar-refractivity contribution in [2.24, 2.45) is 0 Å². The van der Waals surface area contributed by atoms with E-state index in [0.717, 1.165) is 40.1 Å². The van der Waals surface area contributed by atoms with Gasteiger partial charge in [-0.2, -0.15) is 0 Å². The van der Waals surface area contributed by atoms with Crippen molar-refractivity contribution in [2.45, 2.75) is 18.2 Å². The van der Waals surface area contributed by atoms with Crippen molar-refractivity contribution in [2.75, 3.05) is 25.3 Å². The maximum atomic E-state index is 10.4. The maximum Gasteiger partial charge on any atom is 0.231 e. The number of phenols is 1. The van der Waals surface area contributed by atoms with Gasteiger partial charge in [0.15, 0.2) is 11.5 Å². The number of hydrogen-bond acceptors (Lipinski definition) is 4. The Labute approximate surface area is 127 Å². The fraction of sp³-hybridized carbons (Fsp3) is 0.375. The molecule has 4 nitrogen and oxygen atoms in total. The fourth-order valence-electron chi connectivity index (χ4n) is 3.42. The number of benzene rings is 2. The summed E-state index contributed by atoms with van der Waals surface area (Å²) in [6, 6.07) is 5.54. The molecule has 2 atom stereocenters.